The monoisotopic (exact) mass is 214 g/mol. The summed E-state index contributed by atoms with van der Waals surface area (Å²) < 4.78 is 39.8. The SMILES string of the molecule is C[C@H](CC(=O)O)OCCCC(F)(F)F. The van der Waals surface area contributed by atoms with Crippen LogP contribution < -0.4 is 0 Å². The number of carboxylic acid groups (broad SMARTS) is 1. The van der Waals surface area contributed by atoms with Gasteiger partial charge < -0.3 is 9.84 Å². The quantitative estimate of drug-likeness (QED) is 0.689. The number of hydrogen-bond acceptors (Lipinski definition) is 2. The number of ether oxygens (including phenoxy) is 1. The van der Waals surface area contributed by atoms with Gasteiger partial charge in [-0.25, -0.2) is 0 Å². The minimum Gasteiger partial charge on any atom is -0.481 e. The molecule has 6 heteroatoms. The Balaban J connectivity index is 3.41. The van der Waals surface area contributed by atoms with Crippen LogP contribution in [0.2, 0.25) is 0 Å². The fourth-order valence-corrected chi connectivity index (χ4v) is 0.862. The molecule has 0 radical (unpaired) electrons. The molecule has 0 spiro atoms. The first kappa shape index (κ1) is 13.2. The Labute approximate surface area is 79.9 Å². The van der Waals surface area contributed by atoms with Crippen molar-refractivity contribution in [1.82, 2.24) is 0 Å². The number of halogens is 3. The Morgan fingerprint density at radius 3 is 2.50 bits per heavy atom. The van der Waals surface area contributed by atoms with Crippen LogP contribution in [0, 0.1) is 0 Å². The van der Waals surface area contributed by atoms with Gasteiger partial charge in [0.2, 0.25) is 0 Å². The van der Waals surface area contributed by atoms with Crippen molar-refractivity contribution in [1.29, 1.82) is 0 Å². The highest BCUT2D eigenvalue weighted by atomic mass is 19.4. The fourth-order valence-electron chi connectivity index (χ4n) is 0.862. The molecule has 0 rings (SSSR count). The third-order valence-corrected chi connectivity index (χ3v) is 1.47. The first-order chi connectivity index (χ1) is 6.31. The summed E-state index contributed by atoms with van der Waals surface area (Å²) in [7, 11) is 0. The topological polar surface area (TPSA) is 46.5 Å². The highest BCUT2D eigenvalue weighted by molar-refractivity contribution is 5.67. The Hall–Kier alpha value is -0.780. The van der Waals surface area contributed by atoms with Gasteiger partial charge in [0, 0.05) is 13.0 Å². The molecule has 0 aromatic rings. The van der Waals surface area contributed by atoms with Gasteiger partial charge in [0.1, 0.15) is 0 Å². The summed E-state index contributed by atoms with van der Waals surface area (Å²) in [5.41, 5.74) is 0. The molecule has 1 N–H and O–H groups in total. The van der Waals surface area contributed by atoms with Gasteiger partial charge in [-0.3, -0.25) is 4.79 Å². The van der Waals surface area contributed by atoms with E-state index < -0.39 is 24.7 Å². The zero-order valence-electron chi connectivity index (χ0n) is 7.80. The minimum atomic E-state index is -4.17. The molecule has 0 aliphatic carbocycles. The fraction of sp³-hybridized carbons (Fsp3) is 0.875. The molecule has 0 bridgehead atoms. The van der Waals surface area contributed by atoms with Crippen LogP contribution in [0.3, 0.4) is 0 Å². The van der Waals surface area contributed by atoms with E-state index in [2.05, 4.69) is 0 Å². The lowest BCUT2D eigenvalue weighted by atomic mass is 10.3. The van der Waals surface area contributed by atoms with Crippen molar-refractivity contribution in [2.75, 3.05) is 6.61 Å². The van der Waals surface area contributed by atoms with Crippen molar-refractivity contribution in [3.63, 3.8) is 0 Å². The molecule has 0 heterocycles. The number of alkyl halides is 3. The molecule has 0 amide bonds. The molecule has 1 atom stereocenters. The van der Waals surface area contributed by atoms with Gasteiger partial charge in [0.05, 0.1) is 12.5 Å². The van der Waals surface area contributed by atoms with Crippen LogP contribution in [-0.4, -0.2) is 30.0 Å². The standard InChI is InChI=1S/C8H13F3O3/c1-6(5-7(12)13)14-4-2-3-8(9,10)11/h6H,2-5H2,1H3,(H,12,13)/t6-/m1/s1. The van der Waals surface area contributed by atoms with Gasteiger partial charge in [-0.2, -0.15) is 13.2 Å². The summed E-state index contributed by atoms with van der Waals surface area (Å²) in [6, 6.07) is 0. The van der Waals surface area contributed by atoms with Gasteiger partial charge in [-0.05, 0) is 13.3 Å². The van der Waals surface area contributed by atoms with E-state index in [-0.39, 0.29) is 19.4 Å². The number of rotatable bonds is 6. The maximum atomic E-state index is 11.6. The lowest BCUT2D eigenvalue weighted by Gasteiger charge is -2.11. The van der Waals surface area contributed by atoms with Gasteiger partial charge in [0.15, 0.2) is 0 Å². The molecule has 0 aliphatic rings. The smallest absolute Gasteiger partial charge is 0.389 e. The number of carboxylic acids is 1. The van der Waals surface area contributed by atoms with Crippen molar-refractivity contribution in [3.8, 4) is 0 Å². The molecule has 0 aromatic carbocycles. The minimum absolute atomic E-state index is 0.0616. The Bertz CT molecular complexity index is 179. The third kappa shape index (κ3) is 9.31. The summed E-state index contributed by atoms with van der Waals surface area (Å²) in [5.74, 6) is -1.02. The van der Waals surface area contributed by atoms with E-state index >= 15 is 0 Å². The number of aliphatic carboxylic acids is 1. The van der Waals surface area contributed by atoms with Crippen molar-refractivity contribution in [2.45, 2.75) is 38.5 Å². The zero-order chi connectivity index (χ0) is 11.2. The van der Waals surface area contributed by atoms with Gasteiger partial charge >= 0.3 is 12.1 Å². The summed E-state index contributed by atoms with van der Waals surface area (Å²) >= 11 is 0. The van der Waals surface area contributed by atoms with Crippen LogP contribution in [0.15, 0.2) is 0 Å². The Morgan fingerprint density at radius 1 is 1.50 bits per heavy atom. The van der Waals surface area contributed by atoms with Crippen molar-refractivity contribution in [3.05, 3.63) is 0 Å². The second-order valence-electron chi connectivity index (χ2n) is 3.00. The van der Waals surface area contributed by atoms with E-state index in [9.17, 15) is 18.0 Å². The van der Waals surface area contributed by atoms with E-state index in [0.29, 0.717) is 0 Å². The second-order valence-corrected chi connectivity index (χ2v) is 3.00. The van der Waals surface area contributed by atoms with Crippen LogP contribution in [-0.2, 0) is 9.53 Å². The normalized spacial score (nSPS) is 14.0. The maximum absolute atomic E-state index is 11.6. The van der Waals surface area contributed by atoms with Crippen LogP contribution >= 0.6 is 0 Å². The van der Waals surface area contributed by atoms with Gasteiger partial charge in [0.25, 0.3) is 0 Å². The van der Waals surface area contributed by atoms with Gasteiger partial charge in [-0.1, -0.05) is 0 Å². The molecule has 3 nitrogen and oxygen atoms in total. The van der Waals surface area contributed by atoms with E-state index in [1.165, 1.54) is 6.92 Å². The predicted octanol–water partition coefficient (Wildman–Crippen LogP) is 2.21. The molecule has 0 aliphatic heterocycles. The van der Waals surface area contributed by atoms with Crippen molar-refractivity contribution in [2.24, 2.45) is 0 Å². The Kier molecular flexibility index (Phi) is 5.52. The summed E-state index contributed by atoms with van der Waals surface area (Å²) in [6.45, 7) is 1.45. The van der Waals surface area contributed by atoms with Gasteiger partial charge in [-0.15, -0.1) is 0 Å². The molecular formula is C8H13F3O3. The largest absolute Gasteiger partial charge is 0.481 e. The summed E-state index contributed by atoms with van der Waals surface area (Å²) in [6.07, 6.45) is -5.92. The van der Waals surface area contributed by atoms with E-state index in [0.717, 1.165) is 0 Å². The average molecular weight is 214 g/mol. The zero-order valence-corrected chi connectivity index (χ0v) is 7.80. The number of carbonyl (C=O) groups is 1. The molecule has 84 valence electrons. The van der Waals surface area contributed by atoms with Crippen LogP contribution in [0.5, 0.6) is 0 Å². The first-order valence-electron chi connectivity index (χ1n) is 4.21. The van der Waals surface area contributed by atoms with Crippen LogP contribution in [0.1, 0.15) is 26.2 Å². The van der Waals surface area contributed by atoms with Crippen molar-refractivity contribution >= 4 is 5.97 Å². The average Bonchev–Trinajstić information content (AvgIpc) is 1.95. The predicted molar refractivity (Wildman–Crippen MR) is 43.0 cm³/mol. The summed E-state index contributed by atoms with van der Waals surface area (Å²) in [5, 5.41) is 8.31. The molecular weight excluding hydrogens is 201 g/mol. The molecule has 0 unspecified atom stereocenters. The molecule has 0 saturated carbocycles. The summed E-state index contributed by atoms with van der Waals surface area (Å²) in [4.78, 5) is 10.1. The van der Waals surface area contributed by atoms with Crippen LogP contribution in [0.25, 0.3) is 0 Å². The second kappa shape index (κ2) is 5.85. The third-order valence-electron chi connectivity index (χ3n) is 1.47. The lowest BCUT2D eigenvalue weighted by Crippen LogP contribution is -2.16. The molecule has 0 fully saturated rings. The highest BCUT2D eigenvalue weighted by Crippen LogP contribution is 2.21. The molecule has 0 saturated heterocycles. The van der Waals surface area contributed by atoms with Crippen LogP contribution in [0.4, 0.5) is 13.2 Å². The number of hydrogen-bond donors (Lipinski definition) is 1. The first-order valence-corrected chi connectivity index (χ1v) is 4.21. The molecule has 0 aromatic heterocycles. The Morgan fingerprint density at radius 2 is 2.07 bits per heavy atom. The van der Waals surface area contributed by atoms with Crippen molar-refractivity contribution < 1.29 is 27.8 Å². The van der Waals surface area contributed by atoms with E-state index in [1.807, 2.05) is 0 Å². The van der Waals surface area contributed by atoms with E-state index in [1.54, 1.807) is 0 Å². The molecule has 14 heavy (non-hydrogen) atoms. The van der Waals surface area contributed by atoms with E-state index in [4.69, 9.17) is 9.84 Å². The highest BCUT2D eigenvalue weighted by Gasteiger charge is 2.26. The lowest BCUT2D eigenvalue weighted by molar-refractivity contribution is -0.143. The maximum Gasteiger partial charge on any atom is 0.389 e.